The van der Waals surface area contributed by atoms with Crippen LogP contribution in [0.5, 0.6) is 0 Å². The Labute approximate surface area is 131 Å². The number of rotatable bonds is 3. The highest BCUT2D eigenvalue weighted by atomic mass is 19.1. The number of aromatic nitrogens is 3. The molecule has 0 aliphatic rings. The molecule has 0 saturated heterocycles. The van der Waals surface area contributed by atoms with E-state index < -0.39 is 5.91 Å². The predicted molar refractivity (Wildman–Crippen MR) is 82.0 cm³/mol. The lowest BCUT2D eigenvalue weighted by Crippen LogP contribution is -2.11. The molecule has 0 atom stereocenters. The van der Waals surface area contributed by atoms with Crippen molar-refractivity contribution in [1.29, 1.82) is 5.26 Å². The minimum atomic E-state index is -0.478. The van der Waals surface area contributed by atoms with E-state index in [4.69, 9.17) is 5.26 Å². The number of hydrogen-bond acceptors (Lipinski definition) is 4. The summed E-state index contributed by atoms with van der Waals surface area (Å²) in [5.41, 5.74) is 2.19. The summed E-state index contributed by atoms with van der Waals surface area (Å²) in [7, 11) is 0. The number of fused-ring (bicyclic) bond motifs is 1. The molecule has 3 aromatic rings. The Morgan fingerprint density at radius 1 is 1.39 bits per heavy atom. The lowest BCUT2D eigenvalue weighted by Gasteiger charge is -2.05. The van der Waals surface area contributed by atoms with E-state index in [0.717, 1.165) is 0 Å². The molecule has 7 heteroatoms. The lowest BCUT2D eigenvalue weighted by atomic mass is 10.0. The first-order chi connectivity index (χ1) is 11.1. The van der Waals surface area contributed by atoms with Crippen molar-refractivity contribution in [2.24, 2.45) is 0 Å². The standard InChI is InChI=1S/C16H12FN5O/c1-10-3-2-4-12(15(10)17)11-5-6-13-19-16(21-22(13)9-11)20-14(23)7-8-18/h2-6,9H,7H2,1H3,(H,20,21,23). The third kappa shape index (κ3) is 2.87. The maximum atomic E-state index is 14.2. The fraction of sp³-hybridized carbons (Fsp3) is 0.125. The number of anilines is 1. The number of carbonyl (C=O) groups excluding carboxylic acids is 1. The van der Waals surface area contributed by atoms with Crippen molar-refractivity contribution in [3.05, 3.63) is 47.9 Å². The minimum absolute atomic E-state index is 0.104. The van der Waals surface area contributed by atoms with Gasteiger partial charge in [0.05, 0.1) is 6.07 Å². The third-order valence-electron chi connectivity index (χ3n) is 3.32. The summed E-state index contributed by atoms with van der Waals surface area (Å²) in [4.78, 5) is 15.5. The average molecular weight is 309 g/mol. The first kappa shape index (κ1) is 14.7. The number of nitrogens with one attached hydrogen (secondary N) is 1. The van der Waals surface area contributed by atoms with Crippen molar-refractivity contribution in [1.82, 2.24) is 14.6 Å². The summed E-state index contributed by atoms with van der Waals surface area (Å²) >= 11 is 0. The zero-order valence-electron chi connectivity index (χ0n) is 12.2. The maximum absolute atomic E-state index is 14.2. The predicted octanol–water partition coefficient (Wildman–Crippen LogP) is 2.70. The smallest absolute Gasteiger partial charge is 0.249 e. The van der Waals surface area contributed by atoms with Gasteiger partial charge in [-0.05, 0) is 24.6 Å². The maximum Gasteiger partial charge on any atom is 0.249 e. The first-order valence-corrected chi connectivity index (χ1v) is 6.87. The molecule has 114 valence electrons. The van der Waals surface area contributed by atoms with Gasteiger partial charge in [0, 0.05) is 17.3 Å². The van der Waals surface area contributed by atoms with E-state index in [0.29, 0.717) is 22.3 Å². The summed E-state index contributed by atoms with van der Waals surface area (Å²) in [6.07, 6.45) is 1.37. The molecule has 3 rings (SSSR count). The molecule has 0 fully saturated rings. The van der Waals surface area contributed by atoms with Crippen molar-refractivity contribution < 1.29 is 9.18 Å². The monoisotopic (exact) mass is 309 g/mol. The molecule has 0 saturated carbocycles. The van der Waals surface area contributed by atoms with Gasteiger partial charge in [0.25, 0.3) is 0 Å². The second kappa shape index (κ2) is 5.85. The van der Waals surface area contributed by atoms with E-state index in [1.54, 1.807) is 49.5 Å². The van der Waals surface area contributed by atoms with E-state index in [1.165, 1.54) is 4.52 Å². The van der Waals surface area contributed by atoms with E-state index in [9.17, 15) is 9.18 Å². The molecule has 1 amide bonds. The normalized spacial score (nSPS) is 10.5. The van der Waals surface area contributed by atoms with E-state index in [1.807, 2.05) is 0 Å². The van der Waals surface area contributed by atoms with Crippen LogP contribution in [0, 0.1) is 24.1 Å². The molecule has 0 aliphatic carbocycles. The van der Waals surface area contributed by atoms with Gasteiger partial charge in [-0.3, -0.25) is 10.1 Å². The molecule has 0 spiro atoms. The number of carbonyl (C=O) groups is 1. The van der Waals surface area contributed by atoms with Crippen LogP contribution in [0.15, 0.2) is 36.5 Å². The van der Waals surface area contributed by atoms with Gasteiger partial charge in [0.1, 0.15) is 12.2 Å². The molecule has 23 heavy (non-hydrogen) atoms. The molecule has 0 unspecified atom stereocenters. The van der Waals surface area contributed by atoms with Crippen molar-refractivity contribution in [3.63, 3.8) is 0 Å². The Morgan fingerprint density at radius 3 is 3.00 bits per heavy atom. The number of halogens is 1. The Hall–Kier alpha value is -3.27. The van der Waals surface area contributed by atoms with E-state index in [-0.39, 0.29) is 18.2 Å². The number of hydrogen-bond donors (Lipinski definition) is 1. The van der Waals surface area contributed by atoms with Crippen LogP contribution in [0.25, 0.3) is 16.8 Å². The summed E-state index contributed by atoms with van der Waals surface area (Å²) in [6, 6.07) is 10.4. The van der Waals surface area contributed by atoms with Gasteiger partial charge in [-0.1, -0.05) is 18.2 Å². The second-order valence-electron chi connectivity index (χ2n) is 4.98. The fourth-order valence-electron chi connectivity index (χ4n) is 2.21. The average Bonchev–Trinajstić information content (AvgIpc) is 2.91. The number of amides is 1. The van der Waals surface area contributed by atoms with Crippen LogP contribution >= 0.6 is 0 Å². The summed E-state index contributed by atoms with van der Waals surface area (Å²) in [5.74, 6) is -0.657. The SMILES string of the molecule is Cc1cccc(-c2ccc3nc(NC(=O)CC#N)nn3c2)c1F. The van der Waals surface area contributed by atoms with Crippen molar-refractivity contribution >= 4 is 17.5 Å². The largest absolute Gasteiger partial charge is 0.292 e. The molecule has 0 bridgehead atoms. The van der Waals surface area contributed by atoms with Crippen LogP contribution in [-0.2, 0) is 4.79 Å². The molecule has 2 heterocycles. The van der Waals surface area contributed by atoms with E-state index >= 15 is 0 Å². The molecular weight excluding hydrogens is 297 g/mol. The number of pyridine rings is 1. The number of aryl methyl sites for hydroxylation is 1. The van der Waals surface area contributed by atoms with Crippen molar-refractivity contribution in [2.75, 3.05) is 5.32 Å². The summed E-state index contributed by atoms with van der Waals surface area (Å²) < 4.78 is 15.7. The zero-order valence-corrected chi connectivity index (χ0v) is 12.2. The summed E-state index contributed by atoms with van der Waals surface area (Å²) in [5, 5.41) is 15.0. The van der Waals surface area contributed by atoms with Gasteiger partial charge < -0.3 is 0 Å². The van der Waals surface area contributed by atoms with Crippen LogP contribution in [0.2, 0.25) is 0 Å². The molecule has 0 aliphatic heterocycles. The topological polar surface area (TPSA) is 83.1 Å². The number of nitrogens with zero attached hydrogens (tertiary/aromatic N) is 4. The molecule has 2 aromatic heterocycles. The molecule has 0 radical (unpaired) electrons. The molecular formula is C16H12FN5O. The Kier molecular flexibility index (Phi) is 3.73. The summed E-state index contributed by atoms with van der Waals surface area (Å²) in [6.45, 7) is 1.70. The third-order valence-corrected chi connectivity index (χ3v) is 3.32. The van der Waals surface area contributed by atoms with Gasteiger partial charge in [-0.15, -0.1) is 5.10 Å². The number of nitriles is 1. The van der Waals surface area contributed by atoms with Gasteiger partial charge in [-0.25, -0.2) is 8.91 Å². The fourth-order valence-corrected chi connectivity index (χ4v) is 2.21. The van der Waals surface area contributed by atoms with Crippen molar-refractivity contribution in [2.45, 2.75) is 13.3 Å². The Morgan fingerprint density at radius 2 is 2.22 bits per heavy atom. The molecule has 1 aromatic carbocycles. The highest BCUT2D eigenvalue weighted by Crippen LogP contribution is 2.25. The quantitative estimate of drug-likeness (QED) is 0.806. The Bertz CT molecular complexity index is 941. The van der Waals surface area contributed by atoms with Crippen LogP contribution in [0.1, 0.15) is 12.0 Å². The lowest BCUT2D eigenvalue weighted by molar-refractivity contribution is -0.115. The second-order valence-corrected chi connectivity index (χ2v) is 4.98. The molecule has 6 nitrogen and oxygen atoms in total. The number of benzene rings is 1. The highest BCUT2D eigenvalue weighted by Gasteiger charge is 2.11. The van der Waals surface area contributed by atoms with Crippen LogP contribution in [0.3, 0.4) is 0 Å². The van der Waals surface area contributed by atoms with Gasteiger partial charge in [0.2, 0.25) is 11.9 Å². The zero-order chi connectivity index (χ0) is 16.4. The van der Waals surface area contributed by atoms with E-state index in [2.05, 4.69) is 15.4 Å². The van der Waals surface area contributed by atoms with Crippen LogP contribution in [-0.4, -0.2) is 20.5 Å². The molecule has 1 N–H and O–H groups in total. The first-order valence-electron chi connectivity index (χ1n) is 6.87. The highest BCUT2D eigenvalue weighted by molar-refractivity contribution is 5.90. The van der Waals surface area contributed by atoms with Crippen LogP contribution in [0.4, 0.5) is 10.3 Å². The van der Waals surface area contributed by atoms with Crippen LogP contribution < -0.4 is 5.32 Å². The minimum Gasteiger partial charge on any atom is -0.292 e. The van der Waals surface area contributed by atoms with Gasteiger partial charge in [-0.2, -0.15) is 10.2 Å². The Balaban J connectivity index is 1.98. The van der Waals surface area contributed by atoms with Gasteiger partial charge >= 0.3 is 0 Å². The van der Waals surface area contributed by atoms with Gasteiger partial charge in [0.15, 0.2) is 5.65 Å². The van der Waals surface area contributed by atoms with Crippen molar-refractivity contribution in [3.8, 4) is 17.2 Å².